The van der Waals surface area contributed by atoms with Crippen molar-refractivity contribution in [2.24, 2.45) is 4.99 Å². The van der Waals surface area contributed by atoms with Gasteiger partial charge in [-0.25, -0.2) is 4.98 Å². The molecule has 0 spiro atoms. The maximum absolute atomic E-state index is 4.78. The van der Waals surface area contributed by atoms with Crippen LogP contribution in [0.4, 0.5) is 5.69 Å². The Labute approximate surface area is 143 Å². The molecule has 5 heteroatoms. The molecule has 4 rings (SSSR count). The van der Waals surface area contributed by atoms with E-state index in [-0.39, 0.29) is 0 Å². The summed E-state index contributed by atoms with van der Waals surface area (Å²) >= 11 is 0. The number of anilines is 1. The van der Waals surface area contributed by atoms with Crippen molar-refractivity contribution < 1.29 is 0 Å². The Balaban J connectivity index is 1.37. The maximum atomic E-state index is 4.78. The van der Waals surface area contributed by atoms with Crippen LogP contribution in [0, 0.1) is 0 Å². The van der Waals surface area contributed by atoms with Crippen molar-refractivity contribution in [1.29, 1.82) is 0 Å². The van der Waals surface area contributed by atoms with E-state index in [1.165, 1.54) is 35.6 Å². The Morgan fingerprint density at radius 1 is 1.21 bits per heavy atom. The van der Waals surface area contributed by atoms with Crippen molar-refractivity contribution in [2.75, 3.05) is 25.0 Å². The molecule has 5 nitrogen and oxygen atoms in total. The lowest BCUT2D eigenvalue weighted by Crippen LogP contribution is -2.41. The van der Waals surface area contributed by atoms with Gasteiger partial charge < -0.3 is 14.8 Å². The monoisotopic (exact) mass is 323 g/mol. The summed E-state index contributed by atoms with van der Waals surface area (Å²) in [4.78, 5) is 11.5. The van der Waals surface area contributed by atoms with E-state index in [4.69, 9.17) is 4.98 Å². The van der Waals surface area contributed by atoms with Crippen molar-refractivity contribution >= 4 is 11.6 Å². The van der Waals surface area contributed by atoms with Gasteiger partial charge in [-0.15, -0.1) is 0 Å². The van der Waals surface area contributed by atoms with Gasteiger partial charge in [0.25, 0.3) is 0 Å². The van der Waals surface area contributed by atoms with Gasteiger partial charge in [-0.3, -0.25) is 4.99 Å². The van der Waals surface area contributed by atoms with Crippen molar-refractivity contribution in [1.82, 2.24) is 14.9 Å². The zero-order valence-corrected chi connectivity index (χ0v) is 14.3. The number of para-hydroxylation sites is 1. The van der Waals surface area contributed by atoms with E-state index in [9.17, 15) is 0 Å². The molecule has 1 aromatic heterocycles. The smallest absolute Gasteiger partial charge is 0.198 e. The summed E-state index contributed by atoms with van der Waals surface area (Å²) < 4.78 is 2.32. The van der Waals surface area contributed by atoms with Gasteiger partial charge in [0.05, 0.1) is 5.69 Å². The number of nitrogens with one attached hydrogen (secondary N) is 1. The maximum Gasteiger partial charge on any atom is 0.198 e. The third-order valence-electron chi connectivity index (χ3n) is 4.98. The number of nitrogens with zero attached hydrogens (tertiary/aromatic N) is 4. The topological polar surface area (TPSA) is 45.5 Å². The van der Waals surface area contributed by atoms with Crippen molar-refractivity contribution in [3.05, 3.63) is 47.5 Å². The molecule has 0 unspecified atom stereocenters. The molecular weight excluding hydrogens is 298 g/mol. The second-order valence-corrected chi connectivity index (χ2v) is 6.55. The molecule has 0 atom stereocenters. The summed E-state index contributed by atoms with van der Waals surface area (Å²) in [5.41, 5.74) is 3.88. The van der Waals surface area contributed by atoms with Crippen LogP contribution in [0.25, 0.3) is 0 Å². The summed E-state index contributed by atoms with van der Waals surface area (Å²) in [5.74, 6) is 2.22. The normalized spacial score (nSPS) is 16.9. The molecule has 126 valence electrons. The van der Waals surface area contributed by atoms with Gasteiger partial charge in [-0.05, 0) is 30.9 Å². The summed E-state index contributed by atoms with van der Waals surface area (Å²) in [7, 11) is 1.86. The molecule has 1 aromatic carbocycles. The average Bonchev–Trinajstić information content (AvgIpc) is 3.22. The molecule has 0 saturated heterocycles. The van der Waals surface area contributed by atoms with E-state index >= 15 is 0 Å². The van der Waals surface area contributed by atoms with E-state index < -0.39 is 0 Å². The molecule has 0 amide bonds. The molecule has 2 aliphatic rings. The molecular formula is C19H25N5. The first-order valence-corrected chi connectivity index (χ1v) is 8.96. The van der Waals surface area contributed by atoms with Crippen LogP contribution in [0.15, 0.2) is 35.5 Å². The number of aliphatic imine (C=N–C) groups is 1. The lowest BCUT2D eigenvalue weighted by Gasteiger charge is -2.22. The van der Waals surface area contributed by atoms with Gasteiger partial charge >= 0.3 is 0 Å². The van der Waals surface area contributed by atoms with Crippen LogP contribution in [-0.4, -0.2) is 35.6 Å². The molecule has 0 radical (unpaired) electrons. The van der Waals surface area contributed by atoms with Gasteiger partial charge in [0.2, 0.25) is 0 Å². The predicted molar refractivity (Wildman–Crippen MR) is 97.7 cm³/mol. The average molecular weight is 323 g/mol. The predicted octanol–water partition coefficient (Wildman–Crippen LogP) is 2.40. The highest BCUT2D eigenvalue weighted by Gasteiger charge is 2.22. The Hall–Kier alpha value is -2.30. The molecule has 2 aromatic rings. The first-order chi connectivity index (χ1) is 11.8. The molecule has 2 aliphatic heterocycles. The highest BCUT2D eigenvalue weighted by atomic mass is 15.3. The highest BCUT2D eigenvalue weighted by Crippen LogP contribution is 2.27. The standard InChI is InChI=1S/C19H25N5/c1-20-19(24-13-10-15-6-2-3-7-17(15)24)21-11-9-16-14-23-12-5-4-8-18(23)22-16/h2-3,6-7,14H,4-5,8-13H2,1H3,(H,20,21). The van der Waals surface area contributed by atoms with Gasteiger partial charge in [0, 0.05) is 51.4 Å². The third-order valence-corrected chi connectivity index (χ3v) is 4.98. The van der Waals surface area contributed by atoms with E-state index in [0.29, 0.717) is 0 Å². The van der Waals surface area contributed by atoms with E-state index in [0.717, 1.165) is 44.9 Å². The van der Waals surface area contributed by atoms with Gasteiger partial charge in [-0.1, -0.05) is 18.2 Å². The number of benzene rings is 1. The lowest BCUT2D eigenvalue weighted by molar-refractivity contribution is 0.522. The number of aromatic nitrogens is 2. The minimum Gasteiger partial charge on any atom is -0.356 e. The van der Waals surface area contributed by atoms with E-state index in [1.807, 2.05) is 7.05 Å². The van der Waals surface area contributed by atoms with Gasteiger partial charge in [0.15, 0.2) is 5.96 Å². The van der Waals surface area contributed by atoms with Crippen LogP contribution >= 0.6 is 0 Å². The zero-order valence-electron chi connectivity index (χ0n) is 14.3. The van der Waals surface area contributed by atoms with Crippen LogP contribution in [0.2, 0.25) is 0 Å². The molecule has 0 fully saturated rings. The molecule has 24 heavy (non-hydrogen) atoms. The quantitative estimate of drug-likeness (QED) is 0.697. The van der Waals surface area contributed by atoms with Crippen LogP contribution in [0.1, 0.15) is 29.9 Å². The highest BCUT2D eigenvalue weighted by molar-refractivity contribution is 5.97. The number of rotatable bonds is 3. The van der Waals surface area contributed by atoms with Crippen LogP contribution < -0.4 is 10.2 Å². The fraction of sp³-hybridized carbons (Fsp3) is 0.474. The molecule has 0 saturated carbocycles. The number of guanidine groups is 1. The fourth-order valence-electron chi connectivity index (χ4n) is 3.75. The lowest BCUT2D eigenvalue weighted by atomic mass is 10.2. The van der Waals surface area contributed by atoms with Gasteiger partial charge in [-0.2, -0.15) is 0 Å². The fourth-order valence-corrected chi connectivity index (χ4v) is 3.75. The summed E-state index contributed by atoms with van der Waals surface area (Å²) in [6.07, 6.45) is 7.93. The molecule has 1 N–H and O–H groups in total. The summed E-state index contributed by atoms with van der Waals surface area (Å²) in [6, 6.07) is 8.59. The largest absolute Gasteiger partial charge is 0.356 e. The van der Waals surface area contributed by atoms with E-state index in [1.54, 1.807) is 0 Å². The zero-order chi connectivity index (χ0) is 16.4. The molecule has 0 aliphatic carbocycles. The van der Waals surface area contributed by atoms with Crippen LogP contribution in [0.3, 0.4) is 0 Å². The van der Waals surface area contributed by atoms with Crippen LogP contribution in [0.5, 0.6) is 0 Å². The Morgan fingerprint density at radius 3 is 3.00 bits per heavy atom. The van der Waals surface area contributed by atoms with Crippen molar-refractivity contribution in [2.45, 2.75) is 38.6 Å². The first-order valence-electron chi connectivity index (χ1n) is 8.96. The SMILES string of the molecule is CN=C(NCCc1cn2c(n1)CCCC2)N1CCc2ccccc21. The second-order valence-electron chi connectivity index (χ2n) is 6.55. The molecule has 3 heterocycles. The first kappa shape index (κ1) is 15.2. The number of hydrogen-bond acceptors (Lipinski definition) is 2. The molecule has 0 bridgehead atoms. The number of imidazole rings is 1. The summed E-state index contributed by atoms with van der Waals surface area (Å²) in [5, 5.41) is 3.51. The van der Waals surface area contributed by atoms with Crippen molar-refractivity contribution in [3.8, 4) is 0 Å². The number of fused-ring (bicyclic) bond motifs is 2. The summed E-state index contributed by atoms with van der Waals surface area (Å²) in [6.45, 7) is 2.99. The van der Waals surface area contributed by atoms with E-state index in [2.05, 4.69) is 50.2 Å². The number of hydrogen-bond donors (Lipinski definition) is 1. The van der Waals surface area contributed by atoms with Crippen LogP contribution in [-0.2, 0) is 25.8 Å². The minimum absolute atomic E-state index is 0.863. The minimum atomic E-state index is 0.863. The van der Waals surface area contributed by atoms with Crippen molar-refractivity contribution in [3.63, 3.8) is 0 Å². The number of aryl methyl sites for hydroxylation is 2. The second kappa shape index (κ2) is 6.67. The Kier molecular flexibility index (Phi) is 4.24. The Morgan fingerprint density at radius 2 is 2.12 bits per heavy atom. The third kappa shape index (κ3) is 2.90. The van der Waals surface area contributed by atoms with Gasteiger partial charge in [0.1, 0.15) is 5.82 Å². The Bertz CT molecular complexity index is 722.